The van der Waals surface area contributed by atoms with Crippen LogP contribution < -0.4 is 0 Å². The summed E-state index contributed by atoms with van der Waals surface area (Å²) in [4.78, 5) is 0. The van der Waals surface area contributed by atoms with Crippen molar-refractivity contribution in [3.05, 3.63) is 0 Å². The normalized spacial score (nSPS) is 33.6. The average molecular weight is 196 g/mol. The standard InChI is InChI=1S/C14H28/c1-5-6-7-13-8-9-14(11(2)3)10-12(13)4/h11-14H,5-10H2,1-4H3. The highest BCUT2D eigenvalue weighted by atomic mass is 14.3. The van der Waals surface area contributed by atoms with Crippen LogP contribution in [-0.2, 0) is 0 Å². The Bertz CT molecular complexity index is 148. The quantitative estimate of drug-likeness (QED) is 0.601. The van der Waals surface area contributed by atoms with Gasteiger partial charge >= 0.3 is 0 Å². The summed E-state index contributed by atoms with van der Waals surface area (Å²) in [6.07, 6.45) is 8.80. The van der Waals surface area contributed by atoms with Crippen LogP contribution in [0.1, 0.15) is 66.2 Å². The lowest BCUT2D eigenvalue weighted by Gasteiger charge is -2.36. The Morgan fingerprint density at radius 3 is 2.43 bits per heavy atom. The Labute approximate surface area is 90.5 Å². The third-order valence-corrected chi connectivity index (χ3v) is 4.26. The molecule has 0 bridgehead atoms. The first-order valence-electron chi connectivity index (χ1n) is 6.65. The van der Waals surface area contributed by atoms with Gasteiger partial charge in [-0.1, -0.05) is 47.0 Å². The zero-order valence-electron chi connectivity index (χ0n) is 10.6. The van der Waals surface area contributed by atoms with E-state index in [1.165, 1.54) is 38.5 Å². The number of unbranched alkanes of at least 4 members (excludes halogenated alkanes) is 1. The molecule has 0 aromatic heterocycles. The summed E-state index contributed by atoms with van der Waals surface area (Å²) in [6, 6.07) is 0. The first-order valence-corrected chi connectivity index (χ1v) is 6.65. The Morgan fingerprint density at radius 1 is 1.21 bits per heavy atom. The Hall–Kier alpha value is 0. The number of hydrogen-bond donors (Lipinski definition) is 0. The fourth-order valence-corrected chi connectivity index (χ4v) is 3.00. The van der Waals surface area contributed by atoms with E-state index < -0.39 is 0 Å². The molecule has 0 amide bonds. The van der Waals surface area contributed by atoms with E-state index in [9.17, 15) is 0 Å². The minimum atomic E-state index is 0.907. The summed E-state index contributed by atoms with van der Waals surface area (Å²) < 4.78 is 0. The summed E-state index contributed by atoms with van der Waals surface area (Å²) in [7, 11) is 0. The van der Waals surface area contributed by atoms with Gasteiger partial charge in [-0.3, -0.25) is 0 Å². The second kappa shape index (κ2) is 5.78. The van der Waals surface area contributed by atoms with Gasteiger partial charge in [0.05, 0.1) is 0 Å². The van der Waals surface area contributed by atoms with Gasteiger partial charge in [-0.25, -0.2) is 0 Å². The van der Waals surface area contributed by atoms with Crippen molar-refractivity contribution in [2.24, 2.45) is 23.7 Å². The molecule has 84 valence electrons. The van der Waals surface area contributed by atoms with Crippen LogP contribution in [0.2, 0.25) is 0 Å². The molecule has 0 N–H and O–H groups in total. The maximum Gasteiger partial charge on any atom is -0.0388 e. The van der Waals surface area contributed by atoms with Crippen molar-refractivity contribution >= 4 is 0 Å². The van der Waals surface area contributed by atoms with E-state index in [-0.39, 0.29) is 0 Å². The van der Waals surface area contributed by atoms with Gasteiger partial charge in [-0.2, -0.15) is 0 Å². The summed E-state index contributed by atoms with van der Waals surface area (Å²) >= 11 is 0. The Morgan fingerprint density at radius 2 is 1.93 bits per heavy atom. The summed E-state index contributed by atoms with van der Waals surface area (Å²) in [5, 5.41) is 0. The van der Waals surface area contributed by atoms with Crippen LogP contribution in [0.15, 0.2) is 0 Å². The van der Waals surface area contributed by atoms with Gasteiger partial charge in [0.15, 0.2) is 0 Å². The van der Waals surface area contributed by atoms with Crippen molar-refractivity contribution < 1.29 is 0 Å². The largest absolute Gasteiger partial charge is 0.0654 e. The molecule has 14 heavy (non-hydrogen) atoms. The fraction of sp³-hybridized carbons (Fsp3) is 1.00. The fourth-order valence-electron chi connectivity index (χ4n) is 3.00. The molecule has 0 spiro atoms. The molecular formula is C14H28. The monoisotopic (exact) mass is 196 g/mol. The first-order chi connectivity index (χ1) is 6.65. The lowest BCUT2D eigenvalue weighted by atomic mass is 9.70. The summed E-state index contributed by atoms with van der Waals surface area (Å²) in [5.74, 6) is 3.96. The van der Waals surface area contributed by atoms with E-state index in [1.54, 1.807) is 0 Å². The van der Waals surface area contributed by atoms with Crippen molar-refractivity contribution in [1.29, 1.82) is 0 Å². The molecule has 1 saturated carbocycles. The first kappa shape index (κ1) is 12.1. The lowest BCUT2D eigenvalue weighted by molar-refractivity contribution is 0.150. The zero-order chi connectivity index (χ0) is 10.6. The van der Waals surface area contributed by atoms with Crippen molar-refractivity contribution in [3.63, 3.8) is 0 Å². The minimum Gasteiger partial charge on any atom is -0.0654 e. The molecule has 0 nitrogen and oxygen atoms in total. The van der Waals surface area contributed by atoms with Crippen LogP contribution in [0.5, 0.6) is 0 Å². The predicted octanol–water partition coefficient (Wildman–Crippen LogP) is 4.89. The summed E-state index contributed by atoms with van der Waals surface area (Å²) in [5.41, 5.74) is 0. The van der Waals surface area contributed by atoms with Crippen molar-refractivity contribution in [2.45, 2.75) is 66.2 Å². The molecule has 0 saturated heterocycles. The lowest BCUT2D eigenvalue weighted by Crippen LogP contribution is -2.25. The third kappa shape index (κ3) is 3.29. The second-order valence-corrected chi connectivity index (χ2v) is 5.70. The highest BCUT2D eigenvalue weighted by Crippen LogP contribution is 2.39. The molecule has 0 aromatic rings. The summed E-state index contributed by atoms with van der Waals surface area (Å²) in [6.45, 7) is 9.58. The number of rotatable bonds is 4. The molecule has 1 aliphatic carbocycles. The molecule has 3 unspecified atom stereocenters. The van der Waals surface area contributed by atoms with E-state index in [2.05, 4.69) is 27.7 Å². The van der Waals surface area contributed by atoms with Crippen LogP contribution in [0.3, 0.4) is 0 Å². The van der Waals surface area contributed by atoms with E-state index in [0.29, 0.717) is 0 Å². The van der Waals surface area contributed by atoms with E-state index in [0.717, 1.165) is 23.7 Å². The molecule has 1 aliphatic rings. The highest BCUT2D eigenvalue weighted by molar-refractivity contribution is 4.79. The molecule has 0 radical (unpaired) electrons. The van der Waals surface area contributed by atoms with Gasteiger partial charge in [-0.15, -0.1) is 0 Å². The van der Waals surface area contributed by atoms with Crippen molar-refractivity contribution in [2.75, 3.05) is 0 Å². The minimum absolute atomic E-state index is 0.907. The van der Waals surface area contributed by atoms with Gasteiger partial charge in [0.1, 0.15) is 0 Å². The van der Waals surface area contributed by atoms with Crippen LogP contribution >= 0.6 is 0 Å². The molecule has 0 heterocycles. The molecule has 1 fully saturated rings. The van der Waals surface area contributed by atoms with Gasteiger partial charge in [-0.05, 0) is 42.9 Å². The van der Waals surface area contributed by atoms with Crippen molar-refractivity contribution in [1.82, 2.24) is 0 Å². The van der Waals surface area contributed by atoms with Gasteiger partial charge in [0, 0.05) is 0 Å². The molecule has 0 aliphatic heterocycles. The third-order valence-electron chi connectivity index (χ3n) is 4.26. The highest BCUT2D eigenvalue weighted by Gasteiger charge is 2.28. The predicted molar refractivity (Wildman–Crippen MR) is 64.4 cm³/mol. The molecule has 0 heteroatoms. The SMILES string of the molecule is CCCCC1CCC(C(C)C)CC1C. The van der Waals surface area contributed by atoms with E-state index in [4.69, 9.17) is 0 Å². The molecular weight excluding hydrogens is 168 g/mol. The zero-order valence-corrected chi connectivity index (χ0v) is 10.6. The molecule has 3 atom stereocenters. The average Bonchev–Trinajstić information content (AvgIpc) is 2.15. The Balaban J connectivity index is 2.32. The van der Waals surface area contributed by atoms with Crippen LogP contribution in [-0.4, -0.2) is 0 Å². The van der Waals surface area contributed by atoms with E-state index in [1.807, 2.05) is 0 Å². The van der Waals surface area contributed by atoms with Crippen LogP contribution in [0, 0.1) is 23.7 Å². The van der Waals surface area contributed by atoms with E-state index >= 15 is 0 Å². The van der Waals surface area contributed by atoms with Gasteiger partial charge in [0.2, 0.25) is 0 Å². The molecule has 1 rings (SSSR count). The number of hydrogen-bond acceptors (Lipinski definition) is 0. The molecule has 0 aromatic carbocycles. The second-order valence-electron chi connectivity index (χ2n) is 5.70. The smallest absolute Gasteiger partial charge is 0.0388 e. The van der Waals surface area contributed by atoms with Gasteiger partial charge in [0.25, 0.3) is 0 Å². The Kier molecular flexibility index (Phi) is 4.98. The topological polar surface area (TPSA) is 0 Å². The van der Waals surface area contributed by atoms with Crippen molar-refractivity contribution in [3.8, 4) is 0 Å². The maximum atomic E-state index is 2.48. The van der Waals surface area contributed by atoms with Gasteiger partial charge < -0.3 is 0 Å². The van der Waals surface area contributed by atoms with Crippen LogP contribution in [0.25, 0.3) is 0 Å². The maximum absolute atomic E-state index is 2.48. The van der Waals surface area contributed by atoms with Crippen LogP contribution in [0.4, 0.5) is 0 Å².